The summed E-state index contributed by atoms with van der Waals surface area (Å²) in [5.41, 5.74) is 2.16. The summed E-state index contributed by atoms with van der Waals surface area (Å²) in [5, 5.41) is 0. The van der Waals surface area contributed by atoms with Crippen molar-refractivity contribution in [3.63, 3.8) is 0 Å². The van der Waals surface area contributed by atoms with Gasteiger partial charge in [0, 0.05) is 11.2 Å². The fourth-order valence-electron chi connectivity index (χ4n) is 1.87. The molecule has 0 aliphatic rings. The smallest absolute Gasteiger partial charge is 0.173 e. The van der Waals surface area contributed by atoms with E-state index in [1.165, 1.54) is 0 Å². The molecule has 3 nitrogen and oxygen atoms in total. The van der Waals surface area contributed by atoms with Gasteiger partial charge in [0.1, 0.15) is 5.75 Å². The maximum atomic E-state index is 12.4. The minimum atomic E-state index is -2.86. The Hall–Kier alpha value is -1.43. The van der Waals surface area contributed by atoms with Gasteiger partial charge in [-0.3, -0.25) is 4.18 Å². The molecule has 0 saturated carbocycles. The fourth-order valence-corrected chi connectivity index (χ4v) is 3.32. The standard InChI is InChI=1S/C16H18O3S2/c1-13-6-8-16(9-7-13)21(17,20)19-11-10-14-4-3-5-15(12-14)18-2/h3-9,12H,10-11H2,1-2H3. The molecule has 0 radical (unpaired) electrons. The highest BCUT2D eigenvalue weighted by Gasteiger charge is 2.10. The maximum Gasteiger partial charge on any atom is 0.173 e. The van der Waals surface area contributed by atoms with Gasteiger partial charge in [0.2, 0.25) is 0 Å². The molecule has 0 amide bonds. The highest BCUT2D eigenvalue weighted by molar-refractivity contribution is 8.30. The summed E-state index contributed by atoms with van der Waals surface area (Å²) in [7, 11) is -1.23. The molecule has 0 saturated heterocycles. The summed E-state index contributed by atoms with van der Waals surface area (Å²) in [6.07, 6.45) is 0.636. The molecular weight excluding hydrogens is 304 g/mol. The number of hydrogen-bond donors (Lipinski definition) is 0. The van der Waals surface area contributed by atoms with Gasteiger partial charge in [0.05, 0.1) is 18.6 Å². The van der Waals surface area contributed by atoms with E-state index in [0.29, 0.717) is 17.9 Å². The third-order valence-corrected chi connectivity index (χ3v) is 5.27. The summed E-state index contributed by atoms with van der Waals surface area (Å²) in [5.74, 6) is 0.796. The van der Waals surface area contributed by atoms with Gasteiger partial charge in [-0.05, 0) is 43.2 Å². The second kappa shape index (κ2) is 7.02. The van der Waals surface area contributed by atoms with Crippen molar-refractivity contribution in [3.05, 3.63) is 59.7 Å². The Morgan fingerprint density at radius 3 is 2.52 bits per heavy atom. The van der Waals surface area contributed by atoms with E-state index in [2.05, 4.69) is 0 Å². The van der Waals surface area contributed by atoms with E-state index >= 15 is 0 Å². The quantitative estimate of drug-likeness (QED) is 0.817. The molecule has 0 spiro atoms. The van der Waals surface area contributed by atoms with Crippen LogP contribution in [0.4, 0.5) is 0 Å². The van der Waals surface area contributed by atoms with Crippen molar-refractivity contribution in [3.8, 4) is 5.75 Å². The molecule has 0 heterocycles. The van der Waals surface area contributed by atoms with Crippen molar-refractivity contribution in [2.45, 2.75) is 18.2 Å². The largest absolute Gasteiger partial charge is 0.497 e. The monoisotopic (exact) mass is 322 g/mol. The molecule has 0 bridgehead atoms. The first kappa shape index (κ1) is 15.9. The zero-order valence-corrected chi connectivity index (χ0v) is 13.7. The number of rotatable bonds is 6. The van der Waals surface area contributed by atoms with Crippen molar-refractivity contribution < 1.29 is 13.1 Å². The summed E-state index contributed by atoms with van der Waals surface area (Å²) < 4.78 is 23.0. The van der Waals surface area contributed by atoms with Crippen LogP contribution in [0.25, 0.3) is 0 Å². The Balaban J connectivity index is 1.97. The number of hydrogen-bond acceptors (Lipinski definition) is 4. The van der Waals surface area contributed by atoms with Crippen LogP contribution in [-0.4, -0.2) is 17.9 Å². The first-order valence-corrected chi connectivity index (χ1v) is 9.01. The molecule has 21 heavy (non-hydrogen) atoms. The number of aryl methyl sites for hydroxylation is 1. The lowest BCUT2D eigenvalue weighted by Gasteiger charge is -2.09. The lowest BCUT2D eigenvalue weighted by atomic mass is 10.1. The van der Waals surface area contributed by atoms with Gasteiger partial charge in [-0.1, -0.05) is 29.8 Å². The lowest BCUT2D eigenvalue weighted by molar-refractivity contribution is 0.350. The second-order valence-electron chi connectivity index (χ2n) is 4.69. The summed E-state index contributed by atoms with van der Waals surface area (Å²) in [6.45, 7) is 2.28. The molecule has 5 heteroatoms. The average molecular weight is 322 g/mol. The second-order valence-corrected chi connectivity index (χ2v) is 7.62. The van der Waals surface area contributed by atoms with Crippen molar-refractivity contribution in [1.82, 2.24) is 0 Å². The van der Waals surface area contributed by atoms with Gasteiger partial charge in [-0.15, -0.1) is 0 Å². The lowest BCUT2D eigenvalue weighted by Crippen LogP contribution is -2.08. The zero-order valence-electron chi connectivity index (χ0n) is 12.1. The van der Waals surface area contributed by atoms with E-state index in [4.69, 9.17) is 20.1 Å². The minimum absolute atomic E-state index is 0.309. The van der Waals surface area contributed by atoms with Crippen LogP contribution in [0.3, 0.4) is 0 Å². The third-order valence-electron chi connectivity index (χ3n) is 3.07. The van der Waals surface area contributed by atoms with Crippen LogP contribution in [0.15, 0.2) is 53.4 Å². The van der Waals surface area contributed by atoms with Crippen LogP contribution in [0.1, 0.15) is 11.1 Å². The van der Waals surface area contributed by atoms with Crippen molar-refractivity contribution in [1.29, 1.82) is 0 Å². The Morgan fingerprint density at radius 1 is 1.14 bits per heavy atom. The first-order valence-electron chi connectivity index (χ1n) is 6.60. The highest BCUT2D eigenvalue weighted by atomic mass is 32.8. The summed E-state index contributed by atoms with van der Waals surface area (Å²) >= 11 is 5.10. The van der Waals surface area contributed by atoms with Crippen molar-refractivity contribution in [2.75, 3.05) is 13.7 Å². The molecule has 0 aliphatic carbocycles. The number of benzene rings is 2. The van der Waals surface area contributed by atoms with E-state index in [-0.39, 0.29) is 0 Å². The summed E-state index contributed by atoms with van der Waals surface area (Å²) in [4.78, 5) is 0.550. The molecule has 0 N–H and O–H groups in total. The average Bonchev–Trinajstić information content (AvgIpc) is 2.48. The van der Waals surface area contributed by atoms with Gasteiger partial charge in [0.25, 0.3) is 0 Å². The maximum absolute atomic E-state index is 12.4. The summed E-state index contributed by atoms with van der Waals surface area (Å²) in [6, 6.07) is 15.0. The number of methoxy groups -OCH3 is 1. The van der Waals surface area contributed by atoms with E-state index in [9.17, 15) is 4.21 Å². The Bertz CT molecular complexity index is 692. The van der Waals surface area contributed by atoms with E-state index in [0.717, 1.165) is 16.9 Å². The van der Waals surface area contributed by atoms with Crippen LogP contribution in [0.2, 0.25) is 0 Å². The normalized spacial score (nSPS) is 13.6. The molecule has 0 aromatic heterocycles. The molecule has 0 fully saturated rings. The van der Waals surface area contributed by atoms with Gasteiger partial charge < -0.3 is 4.74 Å². The Kier molecular flexibility index (Phi) is 5.33. The SMILES string of the molecule is COc1cccc(CCOS(=O)(=S)c2ccc(C)cc2)c1. The van der Waals surface area contributed by atoms with Gasteiger partial charge in [0.15, 0.2) is 8.77 Å². The van der Waals surface area contributed by atoms with Crippen LogP contribution < -0.4 is 4.74 Å². The molecule has 2 rings (SSSR count). The zero-order chi connectivity index (χ0) is 15.3. The van der Waals surface area contributed by atoms with Gasteiger partial charge in [-0.25, -0.2) is 4.21 Å². The van der Waals surface area contributed by atoms with Gasteiger partial charge in [-0.2, -0.15) is 0 Å². The Morgan fingerprint density at radius 2 is 1.86 bits per heavy atom. The van der Waals surface area contributed by atoms with Crippen molar-refractivity contribution >= 4 is 20.0 Å². The third kappa shape index (κ3) is 4.52. The van der Waals surface area contributed by atoms with Crippen LogP contribution >= 0.6 is 0 Å². The first-order chi connectivity index (χ1) is 10.0. The molecule has 0 aliphatic heterocycles. The van der Waals surface area contributed by atoms with E-state index in [1.54, 1.807) is 19.2 Å². The topological polar surface area (TPSA) is 35.5 Å². The molecule has 1 unspecified atom stereocenters. The van der Waals surface area contributed by atoms with E-state index in [1.807, 2.05) is 43.3 Å². The number of ether oxygens (including phenoxy) is 1. The Labute approximate surface area is 130 Å². The van der Waals surface area contributed by atoms with Crippen LogP contribution in [0.5, 0.6) is 5.75 Å². The fraction of sp³-hybridized carbons (Fsp3) is 0.250. The predicted molar refractivity (Wildman–Crippen MR) is 87.6 cm³/mol. The molecule has 112 valence electrons. The molecule has 2 aromatic rings. The van der Waals surface area contributed by atoms with Crippen molar-refractivity contribution in [2.24, 2.45) is 0 Å². The minimum Gasteiger partial charge on any atom is -0.497 e. The molecular formula is C16H18O3S2. The highest BCUT2D eigenvalue weighted by Crippen LogP contribution is 2.16. The van der Waals surface area contributed by atoms with Gasteiger partial charge >= 0.3 is 0 Å². The van der Waals surface area contributed by atoms with Crippen LogP contribution in [-0.2, 0) is 30.6 Å². The van der Waals surface area contributed by atoms with Crippen LogP contribution in [0, 0.1) is 6.92 Å². The molecule has 1 atom stereocenters. The predicted octanol–water partition coefficient (Wildman–Crippen LogP) is 3.28. The molecule has 2 aromatic carbocycles. The van der Waals surface area contributed by atoms with E-state index < -0.39 is 8.77 Å².